The van der Waals surface area contributed by atoms with Crippen LogP contribution in [0.5, 0.6) is 11.5 Å². The van der Waals surface area contributed by atoms with Crippen LogP contribution in [0.3, 0.4) is 0 Å². The van der Waals surface area contributed by atoms with Crippen LogP contribution >= 0.6 is 0 Å². The summed E-state index contributed by atoms with van der Waals surface area (Å²) in [5, 5.41) is 0. The van der Waals surface area contributed by atoms with Gasteiger partial charge in [-0.15, -0.1) is 0 Å². The summed E-state index contributed by atoms with van der Waals surface area (Å²) in [5.41, 5.74) is 0.828. The molecule has 3 heteroatoms. The zero-order chi connectivity index (χ0) is 11.3. The van der Waals surface area contributed by atoms with Crippen LogP contribution in [0.1, 0.15) is 19.4 Å². The van der Waals surface area contributed by atoms with E-state index in [1.165, 1.54) is 0 Å². The van der Waals surface area contributed by atoms with Gasteiger partial charge in [0.2, 0.25) is 0 Å². The number of methoxy groups -OCH3 is 1. The zero-order valence-electron chi connectivity index (χ0n) is 9.37. The average Bonchev–Trinajstić information content (AvgIpc) is 2.20. The zero-order valence-corrected chi connectivity index (χ0v) is 9.37. The van der Waals surface area contributed by atoms with E-state index in [-0.39, 0.29) is 5.78 Å². The number of carbonyl (C=O) groups excluding carboxylic acids is 1. The normalized spacial score (nSPS) is 9.80. The van der Waals surface area contributed by atoms with Crippen molar-refractivity contribution in [1.29, 1.82) is 0 Å². The molecule has 0 radical (unpaired) electrons. The molecule has 0 aliphatic carbocycles. The second-order valence-corrected chi connectivity index (χ2v) is 3.25. The minimum Gasteiger partial charge on any atom is -0.496 e. The molecule has 0 N–H and O–H groups in total. The number of hydrogen-bond acceptors (Lipinski definition) is 3. The van der Waals surface area contributed by atoms with Crippen LogP contribution < -0.4 is 9.47 Å². The third-order valence-corrected chi connectivity index (χ3v) is 2.04. The summed E-state index contributed by atoms with van der Waals surface area (Å²) in [4.78, 5) is 11.1. The van der Waals surface area contributed by atoms with Crippen LogP contribution in [0.2, 0.25) is 0 Å². The van der Waals surface area contributed by atoms with Crippen molar-refractivity contribution in [3.8, 4) is 11.5 Å². The summed E-state index contributed by atoms with van der Waals surface area (Å²) in [5.74, 6) is 1.53. The van der Waals surface area contributed by atoms with E-state index in [0.717, 1.165) is 11.3 Å². The maximum absolute atomic E-state index is 11.1. The molecule has 0 atom stereocenters. The predicted molar refractivity (Wildman–Crippen MR) is 58.5 cm³/mol. The third-order valence-electron chi connectivity index (χ3n) is 2.04. The number of ketones is 1. The Balaban J connectivity index is 3.08. The van der Waals surface area contributed by atoms with Crippen LogP contribution in [0, 0.1) is 0 Å². The molecule has 0 saturated carbocycles. The molecule has 0 heterocycles. The van der Waals surface area contributed by atoms with Gasteiger partial charge in [0.05, 0.1) is 13.7 Å². The first-order valence-electron chi connectivity index (χ1n) is 4.97. The maximum Gasteiger partial charge on any atom is 0.134 e. The molecule has 1 aromatic carbocycles. The fourth-order valence-corrected chi connectivity index (χ4v) is 1.45. The van der Waals surface area contributed by atoms with Crippen molar-refractivity contribution in [2.24, 2.45) is 0 Å². The highest BCUT2D eigenvalue weighted by Crippen LogP contribution is 2.28. The Bertz CT molecular complexity index is 345. The molecule has 0 fully saturated rings. The van der Waals surface area contributed by atoms with Gasteiger partial charge in [-0.25, -0.2) is 0 Å². The number of carbonyl (C=O) groups is 1. The molecule has 0 unspecified atom stereocenters. The van der Waals surface area contributed by atoms with Crippen molar-refractivity contribution in [1.82, 2.24) is 0 Å². The Morgan fingerprint density at radius 1 is 1.33 bits per heavy atom. The van der Waals surface area contributed by atoms with Gasteiger partial charge in [-0.3, -0.25) is 4.79 Å². The van der Waals surface area contributed by atoms with E-state index in [9.17, 15) is 4.79 Å². The first kappa shape index (κ1) is 11.6. The van der Waals surface area contributed by atoms with Gasteiger partial charge in [-0.1, -0.05) is 6.07 Å². The fraction of sp³-hybridized carbons (Fsp3) is 0.417. The first-order chi connectivity index (χ1) is 7.19. The minimum absolute atomic E-state index is 0.0976. The lowest BCUT2D eigenvalue weighted by Crippen LogP contribution is -2.03. The van der Waals surface area contributed by atoms with Crippen molar-refractivity contribution < 1.29 is 14.3 Å². The molecule has 0 bridgehead atoms. The van der Waals surface area contributed by atoms with Crippen LogP contribution in [0.15, 0.2) is 18.2 Å². The maximum atomic E-state index is 11.1. The Hall–Kier alpha value is -1.51. The molecule has 1 rings (SSSR count). The lowest BCUT2D eigenvalue weighted by atomic mass is 10.1. The van der Waals surface area contributed by atoms with Gasteiger partial charge in [0.1, 0.15) is 17.3 Å². The monoisotopic (exact) mass is 208 g/mol. The van der Waals surface area contributed by atoms with E-state index in [1.807, 2.05) is 25.1 Å². The molecule has 0 aromatic heterocycles. The molecule has 0 spiro atoms. The standard InChI is InChI=1S/C12H16O3/c1-4-15-12-7-5-6-11(14-3)10(12)8-9(2)13/h5-7H,4,8H2,1-3H3. The molecule has 82 valence electrons. The topological polar surface area (TPSA) is 35.5 Å². The molecule has 0 aliphatic rings. The lowest BCUT2D eigenvalue weighted by Gasteiger charge is -2.12. The highest BCUT2D eigenvalue weighted by atomic mass is 16.5. The van der Waals surface area contributed by atoms with Crippen molar-refractivity contribution in [3.63, 3.8) is 0 Å². The summed E-state index contributed by atoms with van der Waals surface area (Å²) in [6.45, 7) is 4.05. The van der Waals surface area contributed by atoms with Crippen LogP contribution in [-0.4, -0.2) is 19.5 Å². The molecular weight excluding hydrogens is 192 g/mol. The smallest absolute Gasteiger partial charge is 0.134 e. The number of Topliss-reactive ketones (excluding diaryl/α,β-unsaturated/α-hetero) is 1. The van der Waals surface area contributed by atoms with Gasteiger partial charge >= 0.3 is 0 Å². The van der Waals surface area contributed by atoms with Crippen molar-refractivity contribution in [3.05, 3.63) is 23.8 Å². The molecule has 15 heavy (non-hydrogen) atoms. The Kier molecular flexibility index (Phi) is 4.16. The summed E-state index contributed by atoms with van der Waals surface area (Å²) < 4.78 is 10.6. The van der Waals surface area contributed by atoms with Crippen molar-refractivity contribution >= 4 is 5.78 Å². The quantitative estimate of drug-likeness (QED) is 0.744. The van der Waals surface area contributed by atoms with E-state index in [2.05, 4.69) is 0 Å². The summed E-state index contributed by atoms with van der Waals surface area (Å²) in [6, 6.07) is 5.54. The van der Waals surface area contributed by atoms with E-state index in [1.54, 1.807) is 14.0 Å². The average molecular weight is 208 g/mol. The predicted octanol–water partition coefficient (Wildman–Crippen LogP) is 2.23. The van der Waals surface area contributed by atoms with E-state index >= 15 is 0 Å². The lowest BCUT2D eigenvalue weighted by molar-refractivity contribution is -0.116. The number of rotatable bonds is 5. The Morgan fingerprint density at radius 2 is 2.00 bits per heavy atom. The van der Waals surface area contributed by atoms with Gasteiger partial charge in [0.15, 0.2) is 0 Å². The first-order valence-corrected chi connectivity index (χ1v) is 4.97. The molecule has 1 aromatic rings. The molecule has 3 nitrogen and oxygen atoms in total. The van der Waals surface area contributed by atoms with Gasteiger partial charge < -0.3 is 9.47 Å². The highest BCUT2D eigenvalue weighted by molar-refractivity contribution is 5.80. The second kappa shape index (κ2) is 5.39. The SMILES string of the molecule is CCOc1cccc(OC)c1CC(C)=O. The van der Waals surface area contributed by atoms with Crippen LogP contribution in [0.25, 0.3) is 0 Å². The highest BCUT2D eigenvalue weighted by Gasteiger charge is 2.11. The molecule has 0 aliphatic heterocycles. The largest absolute Gasteiger partial charge is 0.496 e. The van der Waals surface area contributed by atoms with Gasteiger partial charge in [-0.05, 0) is 26.0 Å². The van der Waals surface area contributed by atoms with Gasteiger partial charge in [0.25, 0.3) is 0 Å². The van der Waals surface area contributed by atoms with Crippen LogP contribution in [-0.2, 0) is 11.2 Å². The molecule has 0 saturated heterocycles. The van der Waals surface area contributed by atoms with E-state index < -0.39 is 0 Å². The number of ether oxygens (including phenoxy) is 2. The Morgan fingerprint density at radius 3 is 2.53 bits per heavy atom. The van der Waals surface area contributed by atoms with Gasteiger partial charge in [-0.2, -0.15) is 0 Å². The third kappa shape index (κ3) is 2.98. The van der Waals surface area contributed by atoms with E-state index in [0.29, 0.717) is 18.8 Å². The summed E-state index contributed by atoms with van der Waals surface area (Å²) >= 11 is 0. The minimum atomic E-state index is 0.0976. The van der Waals surface area contributed by atoms with Crippen molar-refractivity contribution in [2.45, 2.75) is 20.3 Å². The number of hydrogen-bond donors (Lipinski definition) is 0. The van der Waals surface area contributed by atoms with Gasteiger partial charge in [0, 0.05) is 12.0 Å². The second-order valence-electron chi connectivity index (χ2n) is 3.25. The fourth-order valence-electron chi connectivity index (χ4n) is 1.45. The van der Waals surface area contributed by atoms with E-state index in [4.69, 9.17) is 9.47 Å². The summed E-state index contributed by atoms with van der Waals surface area (Å²) in [7, 11) is 1.59. The number of benzene rings is 1. The Labute approximate surface area is 90.0 Å². The summed E-state index contributed by atoms with van der Waals surface area (Å²) in [6.07, 6.45) is 0.347. The molecule has 0 amide bonds. The van der Waals surface area contributed by atoms with Crippen LogP contribution in [0.4, 0.5) is 0 Å². The van der Waals surface area contributed by atoms with Crippen molar-refractivity contribution in [2.75, 3.05) is 13.7 Å². The molecular formula is C12H16O3.